The summed E-state index contributed by atoms with van der Waals surface area (Å²) in [6.07, 6.45) is 47.1. The molecule has 1 heterocycles. The molecule has 0 aromatic heterocycles. The second-order valence-corrected chi connectivity index (χ2v) is 15.5. The number of aliphatic hydroxyl groups excluding tert-OH is 5. The molecule has 6 N–H and O–H groups in total. The Balaban J connectivity index is 2.08. The van der Waals surface area contributed by atoms with Crippen molar-refractivity contribution in [2.75, 3.05) is 13.2 Å². The fourth-order valence-electron chi connectivity index (χ4n) is 6.56. The van der Waals surface area contributed by atoms with Crippen LogP contribution in [0.5, 0.6) is 0 Å². The Morgan fingerprint density at radius 3 is 1.57 bits per heavy atom. The fraction of sp³-hybridized carbons (Fsp3) is 0.694. The van der Waals surface area contributed by atoms with Crippen LogP contribution in [0.3, 0.4) is 0 Å². The zero-order chi connectivity index (χ0) is 42.3. The number of carbonyl (C=O) groups excluding carboxylic acids is 1. The first-order valence-electron chi connectivity index (χ1n) is 22.8. The number of aliphatic hydroxyl groups is 5. The van der Waals surface area contributed by atoms with E-state index in [0.717, 1.165) is 77.0 Å². The first-order valence-corrected chi connectivity index (χ1v) is 22.8. The molecule has 7 unspecified atom stereocenters. The van der Waals surface area contributed by atoms with Gasteiger partial charge in [-0.3, -0.25) is 4.79 Å². The van der Waals surface area contributed by atoms with Crippen LogP contribution in [0.2, 0.25) is 0 Å². The molecule has 1 saturated heterocycles. The number of hydrogen-bond donors (Lipinski definition) is 6. The first-order chi connectivity index (χ1) is 28.3. The van der Waals surface area contributed by atoms with Crippen molar-refractivity contribution in [3.63, 3.8) is 0 Å². The summed E-state index contributed by atoms with van der Waals surface area (Å²) in [5.74, 6) is -0.194. The van der Waals surface area contributed by atoms with E-state index in [1.807, 2.05) is 6.08 Å². The molecule has 0 bridgehead atoms. The van der Waals surface area contributed by atoms with Crippen molar-refractivity contribution < 1.29 is 39.8 Å². The molecule has 9 heteroatoms. The standard InChI is InChI=1S/C49H83NO8/c1-3-5-7-9-10-11-12-13-14-15-16-17-18-19-20-21-22-23-24-25-26-27-28-29-30-31-32-33-34-35-37-39-45(53)50-42(43(52)38-36-8-6-4-2)41-57-49-48(56)47(55)46(54)44(40-51)58-49/h5,7,10-11,13-14,16-17,19-20,22-23,36,38,42-44,46-49,51-52,54-56H,3-4,6,8-9,12,15,18,21,24-35,37,39-41H2,1-2H3,(H,50,53)/b7-5-,11-10-,14-13-,17-16-,20-19-,23-22-,38-36+. The van der Waals surface area contributed by atoms with Crippen LogP contribution in [0.4, 0.5) is 0 Å². The number of nitrogens with one attached hydrogen (secondary N) is 1. The van der Waals surface area contributed by atoms with Gasteiger partial charge in [-0.1, -0.05) is 176 Å². The van der Waals surface area contributed by atoms with Crippen molar-refractivity contribution in [3.8, 4) is 0 Å². The number of amides is 1. The summed E-state index contributed by atoms with van der Waals surface area (Å²) in [6, 6.07) is -0.805. The molecule has 1 rings (SSSR count). The highest BCUT2D eigenvalue weighted by Gasteiger charge is 2.44. The van der Waals surface area contributed by atoms with Gasteiger partial charge in [0, 0.05) is 6.42 Å². The Hall–Kier alpha value is -2.63. The van der Waals surface area contributed by atoms with Crippen LogP contribution in [-0.4, -0.2) is 87.5 Å². The van der Waals surface area contributed by atoms with Gasteiger partial charge in [-0.2, -0.15) is 0 Å². The average Bonchev–Trinajstić information content (AvgIpc) is 3.22. The maximum absolute atomic E-state index is 12.8. The Morgan fingerprint density at radius 2 is 1.07 bits per heavy atom. The third kappa shape index (κ3) is 28.7. The number of unbranched alkanes of at least 4 members (excludes halogenated alkanes) is 14. The molecule has 0 aromatic carbocycles. The quantitative estimate of drug-likeness (QED) is 0.0271. The van der Waals surface area contributed by atoms with Crippen molar-refractivity contribution >= 4 is 5.91 Å². The van der Waals surface area contributed by atoms with E-state index in [1.54, 1.807) is 6.08 Å². The summed E-state index contributed by atoms with van der Waals surface area (Å²) in [7, 11) is 0. The predicted molar refractivity (Wildman–Crippen MR) is 239 cm³/mol. The highest BCUT2D eigenvalue weighted by atomic mass is 16.7. The molecule has 0 spiro atoms. The molecule has 0 saturated carbocycles. The minimum Gasteiger partial charge on any atom is -0.394 e. The molecule has 1 aliphatic heterocycles. The number of carbonyl (C=O) groups is 1. The third-order valence-electron chi connectivity index (χ3n) is 10.2. The number of allylic oxidation sites excluding steroid dienone is 13. The van der Waals surface area contributed by atoms with Crippen molar-refractivity contribution in [3.05, 3.63) is 85.1 Å². The van der Waals surface area contributed by atoms with Gasteiger partial charge < -0.3 is 40.3 Å². The minimum atomic E-state index is -1.57. The molecule has 1 aliphatic rings. The van der Waals surface area contributed by atoms with Gasteiger partial charge in [0.25, 0.3) is 0 Å². The molecule has 1 amide bonds. The molecule has 1 fully saturated rings. The van der Waals surface area contributed by atoms with Crippen molar-refractivity contribution in [1.82, 2.24) is 5.32 Å². The van der Waals surface area contributed by atoms with Crippen LogP contribution in [-0.2, 0) is 14.3 Å². The topological polar surface area (TPSA) is 149 Å². The normalized spacial score (nSPS) is 21.7. The van der Waals surface area contributed by atoms with Gasteiger partial charge in [-0.15, -0.1) is 0 Å². The zero-order valence-electron chi connectivity index (χ0n) is 36.3. The molecule has 0 aliphatic carbocycles. The van der Waals surface area contributed by atoms with Crippen LogP contribution >= 0.6 is 0 Å². The van der Waals surface area contributed by atoms with Crippen LogP contribution in [0.25, 0.3) is 0 Å². The van der Waals surface area contributed by atoms with Crippen molar-refractivity contribution in [2.45, 2.75) is 204 Å². The Bertz CT molecular complexity index is 1180. The lowest BCUT2D eigenvalue weighted by Gasteiger charge is -2.40. The smallest absolute Gasteiger partial charge is 0.220 e. The van der Waals surface area contributed by atoms with Gasteiger partial charge in [0.2, 0.25) is 5.91 Å². The summed E-state index contributed by atoms with van der Waals surface area (Å²) >= 11 is 0. The van der Waals surface area contributed by atoms with Crippen LogP contribution in [0.1, 0.15) is 162 Å². The Morgan fingerprint density at radius 1 is 0.603 bits per heavy atom. The number of ether oxygens (including phenoxy) is 2. The fourth-order valence-corrected chi connectivity index (χ4v) is 6.56. The van der Waals surface area contributed by atoms with Crippen LogP contribution in [0, 0.1) is 0 Å². The van der Waals surface area contributed by atoms with Crippen LogP contribution < -0.4 is 5.32 Å². The monoisotopic (exact) mass is 814 g/mol. The summed E-state index contributed by atoms with van der Waals surface area (Å²) in [5.41, 5.74) is 0. The predicted octanol–water partition coefficient (Wildman–Crippen LogP) is 9.55. The lowest BCUT2D eigenvalue weighted by Crippen LogP contribution is -2.60. The van der Waals surface area contributed by atoms with Crippen molar-refractivity contribution in [1.29, 1.82) is 0 Å². The van der Waals surface area contributed by atoms with Gasteiger partial charge in [-0.25, -0.2) is 0 Å². The Kier molecular flexibility index (Phi) is 35.5. The van der Waals surface area contributed by atoms with E-state index in [0.29, 0.717) is 6.42 Å². The number of hydrogen-bond acceptors (Lipinski definition) is 8. The van der Waals surface area contributed by atoms with E-state index in [-0.39, 0.29) is 12.5 Å². The maximum Gasteiger partial charge on any atom is 0.220 e. The largest absolute Gasteiger partial charge is 0.394 e. The highest BCUT2D eigenvalue weighted by molar-refractivity contribution is 5.76. The first kappa shape index (κ1) is 53.4. The van der Waals surface area contributed by atoms with Gasteiger partial charge in [-0.05, 0) is 64.2 Å². The van der Waals surface area contributed by atoms with Gasteiger partial charge in [0.15, 0.2) is 6.29 Å². The molecule has 9 nitrogen and oxygen atoms in total. The van der Waals surface area contributed by atoms with Gasteiger partial charge in [0.05, 0.1) is 25.4 Å². The molecule has 58 heavy (non-hydrogen) atoms. The summed E-state index contributed by atoms with van der Waals surface area (Å²) in [4.78, 5) is 12.8. The van der Waals surface area contributed by atoms with Crippen LogP contribution in [0.15, 0.2) is 85.1 Å². The molecular formula is C49H83NO8. The highest BCUT2D eigenvalue weighted by Crippen LogP contribution is 2.22. The number of rotatable bonds is 36. The molecule has 332 valence electrons. The second kappa shape index (κ2) is 38.6. The van der Waals surface area contributed by atoms with E-state index in [9.17, 15) is 30.3 Å². The summed E-state index contributed by atoms with van der Waals surface area (Å²) in [6.45, 7) is 3.48. The zero-order valence-corrected chi connectivity index (χ0v) is 36.3. The summed E-state index contributed by atoms with van der Waals surface area (Å²) < 4.78 is 11.1. The van der Waals surface area contributed by atoms with E-state index >= 15 is 0 Å². The lowest BCUT2D eigenvalue weighted by atomic mass is 9.99. The van der Waals surface area contributed by atoms with E-state index in [1.165, 1.54) is 64.2 Å². The van der Waals surface area contributed by atoms with Gasteiger partial charge in [0.1, 0.15) is 24.4 Å². The molecule has 0 radical (unpaired) electrons. The average molecular weight is 814 g/mol. The molecular weight excluding hydrogens is 731 g/mol. The SMILES string of the molecule is CC/C=C\C/C=C\C/C=C\C/C=C\C/C=C\C/C=C\CCCCCCCCCCCCCCC(=O)NC(COC1OC(CO)C(O)C(O)C1O)C(O)/C=C/CCCC. The Labute approximate surface area is 352 Å². The minimum absolute atomic E-state index is 0.194. The molecule has 7 atom stereocenters. The van der Waals surface area contributed by atoms with Gasteiger partial charge >= 0.3 is 0 Å². The molecule has 0 aromatic rings. The lowest BCUT2D eigenvalue weighted by molar-refractivity contribution is -0.302. The van der Waals surface area contributed by atoms with E-state index in [2.05, 4.69) is 92.1 Å². The second-order valence-electron chi connectivity index (χ2n) is 15.5. The summed E-state index contributed by atoms with van der Waals surface area (Å²) in [5, 5.41) is 53.5. The third-order valence-corrected chi connectivity index (χ3v) is 10.2. The van der Waals surface area contributed by atoms with Crippen molar-refractivity contribution in [2.24, 2.45) is 0 Å². The van der Waals surface area contributed by atoms with E-state index < -0.39 is 49.5 Å². The van der Waals surface area contributed by atoms with E-state index in [4.69, 9.17) is 9.47 Å². The maximum atomic E-state index is 12.8.